The van der Waals surface area contributed by atoms with Crippen LogP contribution in [0.2, 0.25) is 0 Å². The fourth-order valence-electron chi connectivity index (χ4n) is 2.18. The van der Waals surface area contributed by atoms with Gasteiger partial charge in [0.25, 0.3) is 0 Å². The van der Waals surface area contributed by atoms with E-state index in [1.54, 1.807) is 44.3 Å². The fourth-order valence-corrected chi connectivity index (χ4v) is 2.18. The molecule has 0 spiro atoms. The minimum atomic E-state index is -0.594. The summed E-state index contributed by atoms with van der Waals surface area (Å²) in [5.74, 6) is -1.62. The van der Waals surface area contributed by atoms with E-state index >= 15 is 0 Å². The number of benzene rings is 1. The summed E-state index contributed by atoms with van der Waals surface area (Å²) in [5.41, 5.74) is 1.19. The Hall–Kier alpha value is -3.48. The summed E-state index contributed by atoms with van der Waals surface area (Å²) >= 11 is 0. The molecule has 0 aliphatic heterocycles. The van der Waals surface area contributed by atoms with Gasteiger partial charge in [0.2, 0.25) is 5.91 Å². The average Bonchev–Trinajstić information content (AvgIpc) is 2.67. The van der Waals surface area contributed by atoms with Crippen molar-refractivity contribution in [2.75, 3.05) is 18.5 Å². The van der Waals surface area contributed by atoms with E-state index in [1.807, 2.05) is 0 Å². The van der Waals surface area contributed by atoms with Crippen LogP contribution >= 0.6 is 0 Å². The predicted octanol–water partition coefficient (Wildman–Crippen LogP) is 3.09. The molecule has 7 heteroatoms. The summed E-state index contributed by atoms with van der Waals surface area (Å²) in [4.78, 5) is 40.3. The Bertz CT molecular complexity index is 810. The first-order chi connectivity index (χ1) is 13.0. The van der Waals surface area contributed by atoms with Crippen molar-refractivity contribution in [1.29, 1.82) is 0 Å². The minimum absolute atomic E-state index is 0.145. The van der Waals surface area contributed by atoms with Gasteiger partial charge in [0, 0.05) is 18.0 Å². The van der Waals surface area contributed by atoms with Gasteiger partial charge in [0.15, 0.2) is 0 Å². The third-order valence-corrected chi connectivity index (χ3v) is 3.32. The number of nitrogens with zero attached hydrogens (tertiary/aromatic N) is 1. The van der Waals surface area contributed by atoms with Gasteiger partial charge in [0.1, 0.15) is 0 Å². The molecule has 0 fully saturated rings. The lowest BCUT2D eigenvalue weighted by molar-refractivity contribution is -0.111. The van der Waals surface area contributed by atoms with Gasteiger partial charge >= 0.3 is 11.9 Å². The van der Waals surface area contributed by atoms with Crippen LogP contribution in [-0.2, 0) is 14.3 Å². The topological polar surface area (TPSA) is 94.6 Å². The van der Waals surface area contributed by atoms with Crippen LogP contribution in [-0.4, -0.2) is 36.0 Å². The van der Waals surface area contributed by atoms with Crippen LogP contribution < -0.4 is 5.32 Å². The molecule has 0 saturated heterocycles. The van der Waals surface area contributed by atoms with Crippen molar-refractivity contribution in [3.8, 4) is 0 Å². The fraction of sp³-hybridized carbons (Fsp3) is 0.200. The van der Waals surface area contributed by atoms with Crippen LogP contribution in [0.25, 0.3) is 6.08 Å². The van der Waals surface area contributed by atoms with Crippen molar-refractivity contribution < 1.29 is 23.9 Å². The first-order valence-electron chi connectivity index (χ1n) is 8.43. The molecule has 0 aliphatic carbocycles. The second kappa shape index (κ2) is 9.86. The molecule has 1 amide bonds. The Morgan fingerprint density at radius 1 is 1.00 bits per heavy atom. The van der Waals surface area contributed by atoms with Gasteiger partial charge in [-0.3, -0.25) is 9.78 Å². The molecule has 2 rings (SSSR count). The zero-order valence-electron chi connectivity index (χ0n) is 15.1. The molecule has 1 heterocycles. The van der Waals surface area contributed by atoms with Gasteiger partial charge < -0.3 is 14.8 Å². The van der Waals surface area contributed by atoms with E-state index in [9.17, 15) is 14.4 Å². The number of hydrogen-bond donors (Lipinski definition) is 1. The Morgan fingerprint density at radius 2 is 1.63 bits per heavy atom. The number of amides is 1. The summed E-state index contributed by atoms with van der Waals surface area (Å²) in [6, 6.07) is 9.58. The highest BCUT2D eigenvalue weighted by Crippen LogP contribution is 2.17. The van der Waals surface area contributed by atoms with E-state index < -0.39 is 17.8 Å². The van der Waals surface area contributed by atoms with Crippen molar-refractivity contribution >= 4 is 29.6 Å². The molecule has 1 aromatic carbocycles. The lowest BCUT2D eigenvalue weighted by atomic mass is 10.1. The van der Waals surface area contributed by atoms with Crippen LogP contribution in [0.3, 0.4) is 0 Å². The van der Waals surface area contributed by atoms with Crippen LogP contribution in [0.15, 0.2) is 48.7 Å². The lowest BCUT2D eigenvalue weighted by Gasteiger charge is -2.09. The molecule has 0 saturated carbocycles. The average molecular weight is 368 g/mol. The monoisotopic (exact) mass is 368 g/mol. The number of aromatic nitrogens is 1. The number of carbonyl (C=O) groups is 3. The van der Waals surface area contributed by atoms with Crippen LogP contribution in [0.5, 0.6) is 0 Å². The Kier molecular flexibility index (Phi) is 7.25. The molecule has 0 radical (unpaired) electrons. The molecule has 0 unspecified atom stereocenters. The van der Waals surface area contributed by atoms with Crippen LogP contribution in [0.1, 0.15) is 40.3 Å². The molecule has 1 N–H and O–H groups in total. The maximum atomic E-state index is 12.1. The van der Waals surface area contributed by atoms with Crippen LogP contribution in [0.4, 0.5) is 5.69 Å². The van der Waals surface area contributed by atoms with Gasteiger partial charge in [-0.15, -0.1) is 0 Å². The van der Waals surface area contributed by atoms with E-state index in [2.05, 4.69) is 10.3 Å². The van der Waals surface area contributed by atoms with Gasteiger partial charge in [-0.05, 0) is 50.3 Å². The van der Waals surface area contributed by atoms with E-state index in [-0.39, 0.29) is 30.0 Å². The standard InChI is InChI=1S/C20H20N2O5/c1-3-26-19(24)14-11-15(20(25)27-4-2)13-17(12-14)22-18(23)9-8-16-7-5-6-10-21-16/h5-13H,3-4H2,1-2H3,(H,22,23)/b9-8+. The van der Waals surface area contributed by atoms with Gasteiger partial charge in [0.05, 0.1) is 30.0 Å². The van der Waals surface area contributed by atoms with Gasteiger partial charge in [-0.1, -0.05) is 6.07 Å². The number of hydrogen-bond acceptors (Lipinski definition) is 6. The number of esters is 2. The SMILES string of the molecule is CCOC(=O)c1cc(NC(=O)/C=C/c2ccccn2)cc(C(=O)OCC)c1. The van der Waals surface area contributed by atoms with Crippen molar-refractivity contribution in [3.63, 3.8) is 0 Å². The second-order valence-electron chi connectivity index (χ2n) is 5.32. The zero-order chi connectivity index (χ0) is 19.6. The van der Waals surface area contributed by atoms with Crippen LogP contribution in [0, 0.1) is 0 Å². The summed E-state index contributed by atoms with van der Waals surface area (Å²) in [6.45, 7) is 3.74. The summed E-state index contributed by atoms with van der Waals surface area (Å²) in [5, 5.41) is 2.62. The Morgan fingerprint density at radius 3 is 2.15 bits per heavy atom. The highest BCUT2D eigenvalue weighted by Gasteiger charge is 2.15. The van der Waals surface area contributed by atoms with E-state index in [4.69, 9.17) is 9.47 Å². The summed E-state index contributed by atoms with van der Waals surface area (Å²) < 4.78 is 9.92. The smallest absolute Gasteiger partial charge is 0.338 e. The summed E-state index contributed by atoms with van der Waals surface area (Å²) in [6.07, 6.45) is 4.48. The number of rotatable bonds is 7. The first kappa shape index (κ1) is 19.8. The minimum Gasteiger partial charge on any atom is -0.462 e. The molecular formula is C20H20N2O5. The van der Waals surface area contributed by atoms with E-state index in [0.717, 1.165) is 0 Å². The molecule has 0 aliphatic rings. The third-order valence-electron chi connectivity index (χ3n) is 3.32. The quantitative estimate of drug-likeness (QED) is 0.596. The number of ether oxygens (including phenoxy) is 2. The molecule has 2 aromatic rings. The number of pyridine rings is 1. The molecule has 7 nitrogen and oxygen atoms in total. The van der Waals surface area contributed by atoms with Crippen molar-refractivity contribution in [1.82, 2.24) is 4.98 Å². The lowest BCUT2D eigenvalue weighted by Crippen LogP contribution is -2.13. The molecule has 140 valence electrons. The van der Waals surface area contributed by atoms with Gasteiger partial charge in [-0.2, -0.15) is 0 Å². The first-order valence-corrected chi connectivity index (χ1v) is 8.43. The number of anilines is 1. The molecule has 27 heavy (non-hydrogen) atoms. The number of nitrogens with one attached hydrogen (secondary N) is 1. The van der Waals surface area contributed by atoms with Crippen molar-refractivity contribution in [2.45, 2.75) is 13.8 Å². The third kappa shape index (κ3) is 6.07. The van der Waals surface area contributed by atoms with E-state index in [0.29, 0.717) is 5.69 Å². The van der Waals surface area contributed by atoms with Crippen molar-refractivity contribution in [3.05, 3.63) is 65.5 Å². The zero-order valence-corrected chi connectivity index (χ0v) is 15.1. The Labute approximate surface area is 157 Å². The highest BCUT2D eigenvalue weighted by molar-refractivity contribution is 6.04. The number of carbonyl (C=O) groups excluding carboxylic acids is 3. The predicted molar refractivity (Wildman–Crippen MR) is 100 cm³/mol. The summed E-state index contributed by atoms with van der Waals surface area (Å²) in [7, 11) is 0. The highest BCUT2D eigenvalue weighted by atomic mass is 16.5. The largest absolute Gasteiger partial charge is 0.462 e. The molecule has 0 atom stereocenters. The Balaban J connectivity index is 2.23. The second-order valence-corrected chi connectivity index (χ2v) is 5.32. The molecule has 0 bridgehead atoms. The van der Waals surface area contributed by atoms with E-state index in [1.165, 1.54) is 24.3 Å². The molecular weight excluding hydrogens is 348 g/mol. The maximum absolute atomic E-state index is 12.1. The van der Waals surface area contributed by atoms with Gasteiger partial charge in [-0.25, -0.2) is 9.59 Å². The van der Waals surface area contributed by atoms with Crippen molar-refractivity contribution in [2.24, 2.45) is 0 Å². The molecule has 1 aromatic heterocycles. The normalized spacial score (nSPS) is 10.4. The maximum Gasteiger partial charge on any atom is 0.338 e.